The molecule has 26 heavy (non-hydrogen) atoms. The van der Waals surface area contributed by atoms with E-state index in [2.05, 4.69) is 4.90 Å². The van der Waals surface area contributed by atoms with Crippen LogP contribution in [0.3, 0.4) is 0 Å². The summed E-state index contributed by atoms with van der Waals surface area (Å²) in [5.41, 5.74) is 7.60. The maximum Gasteiger partial charge on any atom is 0.342 e. The minimum Gasteiger partial charge on any atom is -0.492 e. The molecule has 1 fully saturated rings. The highest BCUT2D eigenvalue weighted by Crippen LogP contribution is 2.39. The molecule has 2 heterocycles. The van der Waals surface area contributed by atoms with Crippen LogP contribution in [0.4, 0.5) is 5.69 Å². The third-order valence-corrected chi connectivity index (χ3v) is 5.10. The molecule has 0 saturated carbocycles. The zero-order valence-corrected chi connectivity index (χ0v) is 15.5. The number of nitrogens with zero attached hydrogens (tertiary/aromatic N) is 1. The first-order chi connectivity index (χ1) is 12.6. The van der Waals surface area contributed by atoms with Crippen molar-refractivity contribution in [1.82, 2.24) is 4.90 Å². The first-order valence-electron chi connectivity index (χ1n) is 8.95. The summed E-state index contributed by atoms with van der Waals surface area (Å²) < 4.78 is 16.5. The fraction of sp³-hybridized carbons (Fsp3) is 0.611. The third-order valence-electron chi connectivity index (χ3n) is 4.79. The van der Waals surface area contributed by atoms with Gasteiger partial charge in [-0.3, -0.25) is 0 Å². The van der Waals surface area contributed by atoms with Crippen molar-refractivity contribution < 1.29 is 24.1 Å². The van der Waals surface area contributed by atoms with Gasteiger partial charge in [-0.05, 0) is 18.9 Å². The van der Waals surface area contributed by atoms with E-state index < -0.39 is 5.97 Å². The van der Waals surface area contributed by atoms with Crippen LogP contribution in [0.25, 0.3) is 0 Å². The van der Waals surface area contributed by atoms with E-state index >= 15 is 0 Å². The lowest BCUT2D eigenvalue weighted by molar-refractivity contribution is 0.00592. The van der Waals surface area contributed by atoms with Gasteiger partial charge in [0.2, 0.25) is 0 Å². The predicted molar refractivity (Wildman–Crippen MR) is 97.8 cm³/mol. The average molecular weight is 385 g/mol. The molecule has 0 unspecified atom stereocenters. The third kappa shape index (κ3) is 4.40. The molecule has 2 aliphatic rings. The molecule has 8 heteroatoms. The molecule has 0 radical (unpaired) electrons. The molecule has 0 bridgehead atoms. The summed E-state index contributed by atoms with van der Waals surface area (Å²) in [6.07, 6.45) is 2.08. The number of nitrogens with two attached hydrogens (primary N) is 1. The molecule has 0 atom stereocenters. The van der Waals surface area contributed by atoms with Crippen molar-refractivity contribution in [2.75, 3.05) is 51.8 Å². The Morgan fingerprint density at radius 3 is 2.88 bits per heavy atom. The van der Waals surface area contributed by atoms with Crippen molar-refractivity contribution in [2.45, 2.75) is 25.4 Å². The zero-order valence-electron chi connectivity index (χ0n) is 14.7. The van der Waals surface area contributed by atoms with Crippen LogP contribution < -0.4 is 10.5 Å². The Morgan fingerprint density at radius 2 is 2.15 bits per heavy atom. The van der Waals surface area contributed by atoms with Crippen molar-refractivity contribution >= 4 is 23.3 Å². The molecule has 0 amide bonds. The van der Waals surface area contributed by atoms with E-state index in [-0.39, 0.29) is 12.7 Å². The second-order valence-electron chi connectivity index (χ2n) is 6.51. The van der Waals surface area contributed by atoms with Gasteiger partial charge in [0.15, 0.2) is 0 Å². The summed E-state index contributed by atoms with van der Waals surface area (Å²) in [5, 5.41) is 9.06. The van der Waals surface area contributed by atoms with Crippen molar-refractivity contribution in [1.29, 1.82) is 0 Å². The number of carbonyl (C=O) groups is 1. The van der Waals surface area contributed by atoms with Gasteiger partial charge in [-0.25, -0.2) is 4.79 Å². The van der Waals surface area contributed by atoms with Crippen LogP contribution >= 0.6 is 11.6 Å². The number of likely N-dealkylation sites (tertiary alicyclic amines) is 1. The standard InChI is InChI=1S/C18H25ClN2O5/c19-15-11-14(17-13(16(15)20)3-8-25-17)18(23)26-12-1-4-21(5-2-12)6-9-24-10-7-22/h11-12,22H,1-10,20H2. The SMILES string of the molecule is Nc1c(Cl)cc(C(=O)OC2CCN(CCOCCO)CC2)c2c1CCO2. The number of aliphatic hydroxyl groups is 1. The summed E-state index contributed by atoms with van der Waals surface area (Å²) >= 11 is 6.15. The minimum atomic E-state index is -0.408. The largest absolute Gasteiger partial charge is 0.492 e. The molecular weight excluding hydrogens is 360 g/mol. The fourth-order valence-electron chi connectivity index (χ4n) is 3.34. The zero-order chi connectivity index (χ0) is 18.5. The Morgan fingerprint density at radius 1 is 1.38 bits per heavy atom. The van der Waals surface area contributed by atoms with Gasteiger partial charge in [0, 0.05) is 31.6 Å². The number of rotatable bonds is 7. The maximum absolute atomic E-state index is 12.6. The molecule has 0 aliphatic carbocycles. The number of piperidine rings is 1. The number of ether oxygens (including phenoxy) is 3. The maximum atomic E-state index is 12.6. The number of halogens is 1. The molecule has 7 nitrogen and oxygen atoms in total. The highest BCUT2D eigenvalue weighted by Gasteiger charge is 2.29. The monoisotopic (exact) mass is 384 g/mol. The first kappa shape index (κ1) is 19.2. The molecule has 1 aromatic carbocycles. The van der Waals surface area contributed by atoms with Crippen LogP contribution in [0.15, 0.2) is 6.07 Å². The lowest BCUT2D eigenvalue weighted by atomic mass is 10.0. The first-order valence-corrected chi connectivity index (χ1v) is 9.33. The molecule has 1 aromatic rings. The number of nitrogen functional groups attached to an aromatic ring is 1. The summed E-state index contributed by atoms with van der Waals surface area (Å²) in [6, 6.07) is 1.54. The molecule has 2 aliphatic heterocycles. The Labute approximate surface area is 157 Å². The Hall–Kier alpha value is -1.54. The second kappa shape index (κ2) is 8.90. The van der Waals surface area contributed by atoms with Gasteiger partial charge >= 0.3 is 5.97 Å². The van der Waals surface area contributed by atoms with E-state index in [4.69, 9.17) is 36.7 Å². The minimum absolute atomic E-state index is 0.0423. The van der Waals surface area contributed by atoms with E-state index in [1.54, 1.807) is 0 Å². The van der Waals surface area contributed by atoms with Crippen LogP contribution in [-0.4, -0.2) is 68.1 Å². The number of hydrogen-bond donors (Lipinski definition) is 2. The van der Waals surface area contributed by atoms with Crippen molar-refractivity contribution in [3.63, 3.8) is 0 Å². The Kier molecular flexibility index (Phi) is 6.58. The van der Waals surface area contributed by atoms with Gasteiger partial charge in [0.05, 0.1) is 37.1 Å². The van der Waals surface area contributed by atoms with Gasteiger partial charge in [-0.1, -0.05) is 11.6 Å². The van der Waals surface area contributed by atoms with E-state index in [1.807, 2.05) is 0 Å². The molecule has 0 spiro atoms. The smallest absolute Gasteiger partial charge is 0.342 e. The van der Waals surface area contributed by atoms with Crippen LogP contribution in [0.1, 0.15) is 28.8 Å². The molecule has 0 aromatic heterocycles. The van der Waals surface area contributed by atoms with Crippen LogP contribution in [-0.2, 0) is 15.9 Å². The normalized spacial score (nSPS) is 17.8. The molecule has 1 saturated heterocycles. The van der Waals surface area contributed by atoms with E-state index in [1.165, 1.54) is 6.07 Å². The number of aliphatic hydroxyl groups excluding tert-OH is 1. The molecular formula is C18H25ClN2O5. The van der Waals surface area contributed by atoms with Gasteiger partial charge in [-0.2, -0.15) is 0 Å². The van der Waals surface area contributed by atoms with Crippen LogP contribution in [0.2, 0.25) is 5.02 Å². The van der Waals surface area contributed by atoms with Gasteiger partial charge < -0.3 is 30.0 Å². The fourth-order valence-corrected chi connectivity index (χ4v) is 3.57. The van der Waals surface area contributed by atoms with E-state index in [0.717, 1.165) is 38.0 Å². The van der Waals surface area contributed by atoms with Crippen LogP contribution in [0, 0.1) is 0 Å². The van der Waals surface area contributed by atoms with Crippen molar-refractivity contribution in [3.05, 3.63) is 22.2 Å². The van der Waals surface area contributed by atoms with Crippen molar-refractivity contribution in [2.24, 2.45) is 0 Å². The molecule has 144 valence electrons. The quantitative estimate of drug-likeness (QED) is 0.418. The number of carbonyl (C=O) groups excluding carboxylic acids is 1. The van der Waals surface area contributed by atoms with Gasteiger partial charge in [0.25, 0.3) is 0 Å². The summed E-state index contributed by atoms with van der Waals surface area (Å²) in [5.74, 6) is 0.102. The second-order valence-corrected chi connectivity index (χ2v) is 6.92. The highest BCUT2D eigenvalue weighted by atomic mass is 35.5. The number of hydrogen-bond acceptors (Lipinski definition) is 7. The number of esters is 1. The summed E-state index contributed by atoms with van der Waals surface area (Å²) in [6.45, 7) is 4.01. The van der Waals surface area contributed by atoms with Crippen LogP contribution in [0.5, 0.6) is 5.75 Å². The Balaban J connectivity index is 1.53. The lowest BCUT2D eigenvalue weighted by Gasteiger charge is -2.31. The van der Waals surface area contributed by atoms with Gasteiger partial charge in [0.1, 0.15) is 17.4 Å². The summed E-state index contributed by atoms with van der Waals surface area (Å²) in [4.78, 5) is 14.9. The average Bonchev–Trinajstić information content (AvgIpc) is 3.13. The van der Waals surface area contributed by atoms with E-state index in [9.17, 15) is 4.79 Å². The number of anilines is 1. The number of fused-ring (bicyclic) bond motifs is 1. The highest BCUT2D eigenvalue weighted by molar-refractivity contribution is 6.33. The van der Waals surface area contributed by atoms with Gasteiger partial charge in [-0.15, -0.1) is 0 Å². The molecule has 3 N–H and O–H groups in total. The topological polar surface area (TPSA) is 94.3 Å². The number of benzene rings is 1. The predicted octanol–water partition coefficient (Wildman–Crippen LogP) is 1.49. The van der Waals surface area contributed by atoms with Crippen molar-refractivity contribution in [3.8, 4) is 5.75 Å². The lowest BCUT2D eigenvalue weighted by Crippen LogP contribution is -2.39. The molecule has 3 rings (SSSR count). The van der Waals surface area contributed by atoms with E-state index in [0.29, 0.717) is 48.3 Å². The Bertz CT molecular complexity index is 647. The summed E-state index contributed by atoms with van der Waals surface area (Å²) in [7, 11) is 0.